The number of sulfonamides is 1. The summed E-state index contributed by atoms with van der Waals surface area (Å²) in [7, 11) is -2.71. The summed E-state index contributed by atoms with van der Waals surface area (Å²) in [5.74, 6) is -0.531. The summed E-state index contributed by atoms with van der Waals surface area (Å²) in [6.45, 7) is -0.121. The third kappa shape index (κ3) is 4.50. The van der Waals surface area contributed by atoms with Crippen LogP contribution in [0.2, 0.25) is 15.1 Å². The van der Waals surface area contributed by atoms with Gasteiger partial charge in [-0.2, -0.15) is 0 Å². The molecule has 0 bridgehead atoms. The number of hydrogen-bond acceptors (Lipinski definition) is 4. The van der Waals surface area contributed by atoms with Crippen LogP contribution in [0.5, 0.6) is 0 Å². The SMILES string of the molecule is COC(=O)CCNS(=O)(=O)c1c(Cl)cc(Cl)cc1Cl. The van der Waals surface area contributed by atoms with E-state index in [1.807, 2.05) is 0 Å². The lowest BCUT2D eigenvalue weighted by molar-refractivity contribution is -0.140. The summed E-state index contributed by atoms with van der Waals surface area (Å²) in [5, 5.41) is 0.0367. The maximum Gasteiger partial charge on any atom is 0.306 e. The molecule has 106 valence electrons. The summed E-state index contributed by atoms with van der Waals surface area (Å²) in [4.78, 5) is 10.6. The Labute approximate surface area is 125 Å². The first-order valence-corrected chi connectivity index (χ1v) is 7.60. The number of halogens is 3. The average molecular weight is 347 g/mol. The molecule has 0 saturated heterocycles. The number of nitrogens with one attached hydrogen (secondary N) is 1. The number of carbonyl (C=O) groups excluding carboxylic acids is 1. The van der Waals surface area contributed by atoms with Gasteiger partial charge in [-0.15, -0.1) is 0 Å². The monoisotopic (exact) mass is 345 g/mol. The van der Waals surface area contributed by atoms with E-state index in [9.17, 15) is 13.2 Å². The highest BCUT2D eigenvalue weighted by atomic mass is 35.5. The van der Waals surface area contributed by atoms with Gasteiger partial charge < -0.3 is 4.74 Å². The molecule has 0 spiro atoms. The van der Waals surface area contributed by atoms with E-state index in [1.165, 1.54) is 19.2 Å². The summed E-state index contributed by atoms with van der Waals surface area (Å²) < 4.78 is 30.6. The van der Waals surface area contributed by atoms with Gasteiger partial charge in [-0.25, -0.2) is 13.1 Å². The van der Waals surface area contributed by atoms with Gasteiger partial charge in [0.2, 0.25) is 10.0 Å². The molecule has 5 nitrogen and oxygen atoms in total. The molecule has 1 aromatic carbocycles. The van der Waals surface area contributed by atoms with Gasteiger partial charge in [0, 0.05) is 11.6 Å². The Balaban J connectivity index is 2.92. The van der Waals surface area contributed by atoms with Gasteiger partial charge in [0.25, 0.3) is 0 Å². The molecule has 0 saturated carbocycles. The largest absolute Gasteiger partial charge is 0.469 e. The molecule has 0 aromatic heterocycles. The highest BCUT2D eigenvalue weighted by Gasteiger charge is 2.22. The van der Waals surface area contributed by atoms with Crippen molar-refractivity contribution >= 4 is 50.8 Å². The minimum Gasteiger partial charge on any atom is -0.469 e. The van der Waals surface area contributed by atoms with Crippen molar-refractivity contribution in [2.45, 2.75) is 11.3 Å². The fraction of sp³-hybridized carbons (Fsp3) is 0.300. The summed E-state index contributed by atoms with van der Waals surface area (Å²) in [5.41, 5.74) is 0. The smallest absolute Gasteiger partial charge is 0.306 e. The third-order valence-electron chi connectivity index (χ3n) is 2.08. The van der Waals surface area contributed by atoms with Crippen LogP contribution in [0.4, 0.5) is 0 Å². The molecule has 0 unspecified atom stereocenters. The second-order valence-corrected chi connectivity index (χ2v) is 6.38. The number of carbonyl (C=O) groups is 1. The van der Waals surface area contributed by atoms with Crippen molar-refractivity contribution in [2.75, 3.05) is 13.7 Å². The molecular weight excluding hydrogens is 337 g/mol. The Morgan fingerprint density at radius 3 is 2.26 bits per heavy atom. The quantitative estimate of drug-likeness (QED) is 0.831. The first-order chi connectivity index (χ1) is 8.77. The fourth-order valence-corrected chi connectivity index (χ4v) is 3.82. The summed E-state index contributed by atoms with van der Waals surface area (Å²) in [6, 6.07) is 2.54. The Kier molecular flexibility index (Phi) is 5.88. The molecule has 0 aliphatic carbocycles. The molecule has 0 atom stereocenters. The molecule has 0 radical (unpaired) electrons. The zero-order valence-electron chi connectivity index (χ0n) is 9.74. The summed E-state index contributed by atoms with van der Waals surface area (Å²) in [6.07, 6.45) is -0.0987. The van der Waals surface area contributed by atoms with Gasteiger partial charge in [0.05, 0.1) is 23.6 Å². The van der Waals surface area contributed by atoms with E-state index in [4.69, 9.17) is 34.8 Å². The van der Waals surface area contributed by atoms with E-state index in [0.29, 0.717) is 0 Å². The average Bonchev–Trinajstić information content (AvgIpc) is 2.26. The molecule has 9 heteroatoms. The van der Waals surface area contributed by atoms with Gasteiger partial charge >= 0.3 is 5.97 Å². The second kappa shape index (κ2) is 6.76. The number of ether oxygens (including phenoxy) is 1. The number of benzene rings is 1. The predicted molar refractivity (Wildman–Crippen MR) is 73.3 cm³/mol. The van der Waals surface area contributed by atoms with Crippen molar-refractivity contribution < 1.29 is 17.9 Å². The zero-order valence-corrected chi connectivity index (χ0v) is 12.8. The van der Waals surface area contributed by atoms with E-state index in [-0.39, 0.29) is 32.9 Å². The van der Waals surface area contributed by atoms with Crippen LogP contribution in [0.1, 0.15) is 6.42 Å². The molecule has 0 aliphatic heterocycles. The Bertz CT molecular complexity index is 565. The molecule has 1 rings (SSSR count). The molecule has 1 aromatic rings. The van der Waals surface area contributed by atoms with E-state index in [2.05, 4.69) is 9.46 Å². The van der Waals surface area contributed by atoms with Gasteiger partial charge in [-0.3, -0.25) is 4.79 Å². The number of esters is 1. The van der Waals surface area contributed by atoms with Crippen LogP contribution in [0.3, 0.4) is 0 Å². The van der Waals surface area contributed by atoms with Crippen LogP contribution in [0.15, 0.2) is 17.0 Å². The van der Waals surface area contributed by atoms with E-state index < -0.39 is 16.0 Å². The zero-order chi connectivity index (χ0) is 14.6. The molecule has 0 aliphatic rings. The molecule has 0 amide bonds. The number of rotatable bonds is 5. The lowest BCUT2D eigenvalue weighted by Gasteiger charge is -2.10. The second-order valence-electron chi connectivity index (χ2n) is 3.42. The van der Waals surface area contributed by atoms with Crippen LogP contribution < -0.4 is 4.72 Å². The first-order valence-electron chi connectivity index (χ1n) is 4.99. The highest BCUT2D eigenvalue weighted by Crippen LogP contribution is 2.32. The van der Waals surface area contributed by atoms with Crippen molar-refractivity contribution in [2.24, 2.45) is 0 Å². The predicted octanol–water partition coefficient (Wildman–Crippen LogP) is 2.49. The first kappa shape index (κ1) is 16.5. The van der Waals surface area contributed by atoms with E-state index in [1.54, 1.807) is 0 Å². The molecule has 0 heterocycles. The molecule has 0 fully saturated rings. The van der Waals surface area contributed by atoms with Gasteiger partial charge in [-0.05, 0) is 12.1 Å². The lowest BCUT2D eigenvalue weighted by Crippen LogP contribution is -2.27. The van der Waals surface area contributed by atoms with Crippen LogP contribution in [-0.2, 0) is 19.6 Å². The van der Waals surface area contributed by atoms with Gasteiger partial charge in [-0.1, -0.05) is 34.8 Å². The summed E-state index contributed by atoms with van der Waals surface area (Å²) >= 11 is 17.3. The third-order valence-corrected chi connectivity index (χ3v) is 4.68. The van der Waals surface area contributed by atoms with E-state index in [0.717, 1.165) is 0 Å². The Morgan fingerprint density at radius 1 is 1.26 bits per heavy atom. The van der Waals surface area contributed by atoms with Crippen molar-refractivity contribution in [3.63, 3.8) is 0 Å². The Morgan fingerprint density at radius 2 is 1.79 bits per heavy atom. The van der Waals surface area contributed by atoms with E-state index >= 15 is 0 Å². The normalized spacial score (nSPS) is 11.4. The van der Waals surface area contributed by atoms with Crippen molar-refractivity contribution in [1.29, 1.82) is 0 Å². The topological polar surface area (TPSA) is 72.5 Å². The van der Waals surface area contributed by atoms with Crippen molar-refractivity contribution in [3.05, 3.63) is 27.2 Å². The molecule has 1 N–H and O–H groups in total. The minimum atomic E-state index is -3.92. The minimum absolute atomic E-state index is 0.0944. The molecule has 19 heavy (non-hydrogen) atoms. The maximum atomic E-state index is 12.0. The Hall–Kier alpha value is -0.530. The highest BCUT2D eigenvalue weighted by molar-refractivity contribution is 7.89. The fourth-order valence-electron chi connectivity index (χ4n) is 1.25. The van der Waals surface area contributed by atoms with Gasteiger partial charge in [0.15, 0.2) is 0 Å². The van der Waals surface area contributed by atoms with Crippen molar-refractivity contribution in [1.82, 2.24) is 4.72 Å². The number of methoxy groups -OCH3 is 1. The number of hydrogen-bond donors (Lipinski definition) is 1. The maximum absolute atomic E-state index is 12.0. The standard InChI is InChI=1S/C10H10Cl3NO4S/c1-18-9(15)2-3-14-19(16,17)10-7(12)4-6(11)5-8(10)13/h4-5,14H,2-3H2,1H3. The van der Waals surface area contributed by atoms with Crippen LogP contribution in [-0.4, -0.2) is 28.0 Å². The van der Waals surface area contributed by atoms with Gasteiger partial charge in [0.1, 0.15) is 4.90 Å². The van der Waals surface area contributed by atoms with Crippen LogP contribution in [0, 0.1) is 0 Å². The molecular formula is C10H10Cl3NO4S. The lowest BCUT2D eigenvalue weighted by atomic mass is 10.4. The van der Waals surface area contributed by atoms with Crippen molar-refractivity contribution in [3.8, 4) is 0 Å². The van der Waals surface area contributed by atoms with Crippen LogP contribution in [0.25, 0.3) is 0 Å². The van der Waals surface area contributed by atoms with Crippen LogP contribution >= 0.6 is 34.8 Å².